The number of rotatable bonds is 4. The molecule has 0 radical (unpaired) electrons. The van der Waals surface area contributed by atoms with Gasteiger partial charge < -0.3 is 5.32 Å². The molecule has 0 aliphatic heterocycles. The van der Waals surface area contributed by atoms with E-state index in [0.29, 0.717) is 11.1 Å². The first kappa shape index (κ1) is 14.0. The normalized spacial score (nSPS) is 10.1. The predicted octanol–water partition coefficient (Wildman–Crippen LogP) is 3.70. The molecule has 1 N–H and O–H groups in total. The summed E-state index contributed by atoms with van der Waals surface area (Å²) in [5.74, 6) is -0.256. The van der Waals surface area contributed by atoms with Crippen LogP contribution >= 0.6 is 0 Å². The molecule has 0 fully saturated rings. The van der Waals surface area contributed by atoms with Crippen LogP contribution < -0.4 is 5.32 Å². The molecule has 0 saturated carbocycles. The fraction of sp³-hybridized carbons (Fsp3) is 0.176. The minimum absolute atomic E-state index is 0.0485. The van der Waals surface area contributed by atoms with Gasteiger partial charge in [0.25, 0.3) is 5.91 Å². The van der Waals surface area contributed by atoms with Gasteiger partial charge in [-0.2, -0.15) is 0 Å². The summed E-state index contributed by atoms with van der Waals surface area (Å²) in [5, 5.41) is 2.85. The zero-order valence-corrected chi connectivity index (χ0v) is 11.6. The molecule has 0 aliphatic carbocycles. The van der Waals surface area contributed by atoms with Gasteiger partial charge in [-0.3, -0.25) is 9.59 Å². The molecule has 0 bridgehead atoms. The quantitative estimate of drug-likeness (QED) is 0.858. The maximum atomic E-state index is 12.2. The van der Waals surface area contributed by atoms with E-state index in [1.807, 2.05) is 24.3 Å². The van der Waals surface area contributed by atoms with E-state index in [1.165, 1.54) is 12.5 Å². The smallest absolute Gasteiger partial charge is 0.255 e. The Morgan fingerprint density at radius 3 is 2.40 bits per heavy atom. The monoisotopic (exact) mass is 267 g/mol. The van der Waals surface area contributed by atoms with Crippen LogP contribution in [0.15, 0.2) is 48.5 Å². The standard InChI is InChI=1S/C17H17NO2/c1-3-13-6-4-9-16(10-13)18-17(20)15-8-5-7-14(11-15)12(2)19/h4-11H,3H2,1-2H3,(H,18,20). The molecule has 0 unspecified atom stereocenters. The summed E-state index contributed by atoms with van der Waals surface area (Å²) >= 11 is 0. The first-order valence-electron chi connectivity index (χ1n) is 6.61. The van der Waals surface area contributed by atoms with Gasteiger partial charge in [0.15, 0.2) is 5.78 Å². The van der Waals surface area contributed by atoms with Crippen LogP contribution in [0, 0.1) is 0 Å². The fourth-order valence-corrected chi connectivity index (χ4v) is 1.95. The van der Waals surface area contributed by atoms with Crippen LogP contribution in [0.2, 0.25) is 0 Å². The van der Waals surface area contributed by atoms with Gasteiger partial charge in [-0.25, -0.2) is 0 Å². The van der Waals surface area contributed by atoms with Crippen LogP contribution in [0.4, 0.5) is 5.69 Å². The fourth-order valence-electron chi connectivity index (χ4n) is 1.95. The SMILES string of the molecule is CCc1cccc(NC(=O)c2cccc(C(C)=O)c2)c1. The molecule has 0 aromatic heterocycles. The second kappa shape index (κ2) is 6.15. The molecule has 2 aromatic carbocycles. The molecule has 0 aliphatic rings. The molecule has 3 nitrogen and oxygen atoms in total. The summed E-state index contributed by atoms with van der Waals surface area (Å²) in [6.07, 6.45) is 0.920. The number of hydrogen-bond donors (Lipinski definition) is 1. The Balaban J connectivity index is 2.19. The summed E-state index contributed by atoms with van der Waals surface area (Å²) in [6.45, 7) is 3.55. The van der Waals surface area contributed by atoms with E-state index in [4.69, 9.17) is 0 Å². The molecular weight excluding hydrogens is 250 g/mol. The number of carbonyl (C=O) groups is 2. The Morgan fingerprint density at radius 1 is 1.00 bits per heavy atom. The van der Waals surface area contributed by atoms with Crippen LogP contribution in [-0.2, 0) is 6.42 Å². The van der Waals surface area contributed by atoms with Crippen LogP contribution in [-0.4, -0.2) is 11.7 Å². The van der Waals surface area contributed by atoms with Gasteiger partial charge in [0.1, 0.15) is 0 Å². The van der Waals surface area contributed by atoms with Gasteiger partial charge in [0.05, 0.1) is 0 Å². The third-order valence-corrected chi connectivity index (χ3v) is 3.12. The van der Waals surface area contributed by atoms with Gasteiger partial charge in [-0.05, 0) is 43.2 Å². The lowest BCUT2D eigenvalue weighted by molar-refractivity contribution is 0.101. The van der Waals surface area contributed by atoms with Gasteiger partial charge >= 0.3 is 0 Å². The number of benzene rings is 2. The van der Waals surface area contributed by atoms with E-state index in [2.05, 4.69) is 12.2 Å². The highest BCUT2D eigenvalue weighted by Gasteiger charge is 2.08. The van der Waals surface area contributed by atoms with Crippen molar-refractivity contribution in [2.45, 2.75) is 20.3 Å². The lowest BCUT2D eigenvalue weighted by Gasteiger charge is -2.07. The topological polar surface area (TPSA) is 46.2 Å². The lowest BCUT2D eigenvalue weighted by Crippen LogP contribution is -2.12. The first-order chi connectivity index (χ1) is 9.60. The van der Waals surface area contributed by atoms with Crippen molar-refractivity contribution in [2.75, 3.05) is 5.32 Å². The minimum atomic E-state index is -0.207. The van der Waals surface area contributed by atoms with Gasteiger partial charge in [-0.15, -0.1) is 0 Å². The Bertz CT molecular complexity index is 647. The van der Waals surface area contributed by atoms with Crippen molar-refractivity contribution in [3.8, 4) is 0 Å². The maximum Gasteiger partial charge on any atom is 0.255 e. The molecule has 20 heavy (non-hydrogen) atoms. The second-order valence-electron chi connectivity index (χ2n) is 4.65. The Kier molecular flexibility index (Phi) is 4.31. The third kappa shape index (κ3) is 3.32. The number of carbonyl (C=O) groups excluding carboxylic acids is 2. The summed E-state index contributed by atoms with van der Waals surface area (Å²) < 4.78 is 0. The minimum Gasteiger partial charge on any atom is -0.322 e. The van der Waals surface area contributed by atoms with E-state index in [9.17, 15) is 9.59 Å². The molecule has 0 atom stereocenters. The second-order valence-corrected chi connectivity index (χ2v) is 4.65. The number of hydrogen-bond acceptors (Lipinski definition) is 2. The summed E-state index contributed by atoms with van der Waals surface area (Å²) in [7, 11) is 0. The van der Waals surface area contributed by atoms with Crippen molar-refractivity contribution in [3.63, 3.8) is 0 Å². The molecule has 3 heteroatoms. The number of ketones is 1. The maximum absolute atomic E-state index is 12.2. The highest BCUT2D eigenvalue weighted by molar-refractivity contribution is 6.06. The molecule has 2 rings (SSSR count). The highest BCUT2D eigenvalue weighted by Crippen LogP contribution is 2.13. The van der Waals surface area contributed by atoms with Gasteiger partial charge in [0.2, 0.25) is 0 Å². The molecule has 102 valence electrons. The zero-order chi connectivity index (χ0) is 14.5. The van der Waals surface area contributed by atoms with E-state index in [-0.39, 0.29) is 11.7 Å². The molecular formula is C17H17NO2. The van der Waals surface area contributed by atoms with Crippen molar-refractivity contribution in [1.82, 2.24) is 0 Å². The van der Waals surface area contributed by atoms with Gasteiger partial charge in [0, 0.05) is 16.8 Å². The van der Waals surface area contributed by atoms with Crippen LogP contribution in [0.25, 0.3) is 0 Å². The number of amides is 1. The predicted molar refractivity (Wildman–Crippen MR) is 80.2 cm³/mol. The first-order valence-corrected chi connectivity index (χ1v) is 6.61. The van der Waals surface area contributed by atoms with E-state index in [1.54, 1.807) is 24.3 Å². The van der Waals surface area contributed by atoms with E-state index >= 15 is 0 Å². The number of aryl methyl sites for hydroxylation is 1. The van der Waals surface area contributed by atoms with Gasteiger partial charge in [-0.1, -0.05) is 31.2 Å². The van der Waals surface area contributed by atoms with E-state index < -0.39 is 0 Å². The summed E-state index contributed by atoms with van der Waals surface area (Å²) in [4.78, 5) is 23.5. The Morgan fingerprint density at radius 2 is 1.70 bits per heavy atom. The van der Waals surface area contributed by atoms with Crippen LogP contribution in [0.1, 0.15) is 40.1 Å². The largest absolute Gasteiger partial charge is 0.322 e. The molecule has 1 amide bonds. The summed E-state index contributed by atoms with van der Waals surface area (Å²) in [5.41, 5.74) is 2.96. The third-order valence-electron chi connectivity index (χ3n) is 3.12. The average molecular weight is 267 g/mol. The molecule has 0 heterocycles. The van der Waals surface area contributed by atoms with Crippen molar-refractivity contribution < 1.29 is 9.59 Å². The Labute approximate surface area is 118 Å². The van der Waals surface area contributed by atoms with Crippen molar-refractivity contribution >= 4 is 17.4 Å². The zero-order valence-electron chi connectivity index (χ0n) is 11.6. The molecule has 2 aromatic rings. The van der Waals surface area contributed by atoms with Crippen molar-refractivity contribution in [2.24, 2.45) is 0 Å². The Hall–Kier alpha value is -2.42. The average Bonchev–Trinajstić information content (AvgIpc) is 2.47. The lowest BCUT2D eigenvalue weighted by atomic mass is 10.1. The molecule has 0 saturated heterocycles. The highest BCUT2D eigenvalue weighted by atomic mass is 16.1. The number of nitrogens with one attached hydrogen (secondary N) is 1. The van der Waals surface area contributed by atoms with Crippen LogP contribution in [0.5, 0.6) is 0 Å². The van der Waals surface area contributed by atoms with E-state index in [0.717, 1.165) is 12.1 Å². The molecule has 0 spiro atoms. The van der Waals surface area contributed by atoms with Crippen molar-refractivity contribution in [1.29, 1.82) is 0 Å². The van der Waals surface area contributed by atoms with Crippen molar-refractivity contribution in [3.05, 3.63) is 65.2 Å². The number of Topliss-reactive ketones (excluding diaryl/α,β-unsaturated/α-hetero) is 1. The number of anilines is 1. The summed E-state index contributed by atoms with van der Waals surface area (Å²) in [6, 6.07) is 14.5. The van der Waals surface area contributed by atoms with Crippen LogP contribution in [0.3, 0.4) is 0 Å².